The van der Waals surface area contributed by atoms with E-state index in [1.165, 1.54) is 0 Å². The molecule has 8 bridgehead atoms. The van der Waals surface area contributed by atoms with Crippen LogP contribution in [0.5, 0.6) is 11.5 Å². The number of hydrogen-bond donors (Lipinski definition) is 4. The number of aromatic amines is 2. The van der Waals surface area contributed by atoms with E-state index in [9.17, 15) is 10.2 Å². The molecule has 0 fully saturated rings. The number of nitrogens with zero attached hydrogens (tertiary/aromatic N) is 2. The number of aromatic nitrogens is 4. The minimum absolute atomic E-state index is 0.207. The standard InChI is InChI=1S/C20H14N4O2/c25-19-17-9-15-5-3-13(22-15)7-11-1-2-12(21-11)8-14-4-6-16(23-14)10-18(24-17)20(19)26/h1-10,21,24-26H. The largest absolute Gasteiger partial charge is 0.503 e. The zero-order valence-corrected chi connectivity index (χ0v) is 13.6. The zero-order chi connectivity index (χ0) is 17.7. The Hall–Kier alpha value is -3.80. The molecule has 6 heteroatoms. The number of fused-ring (bicyclic) bond motifs is 8. The average Bonchev–Trinajstić information content (AvgIpc) is 3.38. The van der Waals surface area contributed by atoms with Crippen molar-refractivity contribution in [2.75, 3.05) is 0 Å². The van der Waals surface area contributed by atoms with E-state index in [4.69, 9.17) is 0 Å². The number of H-pyrrole nitrogens is 2. The smallest absolute Gasteiger partial charge is 0.183 e. The van der Waals surface area contributed by atoms with Crippen molar-refractivity contribution in [2.45, 2.75) is 0 Å². The first-order valence-electron chi connectivity index (χ1n) is 8.13. The van der Waals surface area contributed by atoms with Crippen LogP contribution < -0.4 is 0 Å². The van der Waals surface area contributed by atoms with Gasteiger partial charge in [-0.2, -0.15) is 0 Å². The highest BCUT2D eigenvalue weighted by molar-refractivity contribution is 5.83. The summed E-state index contributed by atoms with van der Waals surface area (Å²) >= 11 is 0. The van der Waals surface area contributed by atoms with Gasteiger partial charge in [-0.05, 0) is 60.7 Å². The second-order valence-corrected chi connectivity index (χ2v) is 6.19. The molecule has 0 saturated heterocycles. The van der Waals surface area contributed by atoms with Crippen LogP contribution in [-0.4, -0.2) is 30.1 Å². The van der Waals surface area contributed by atoms with Crippen molar-refractivity contribution in [3.05, 3.63) is 59.2 Å². The molecule has 126 valence electrons. The molecule has 5 rings (SSSR count). The molecule has 4 N–H and O–H groups in total. The van der Waals surface area contributed by atoms with Gasteiger partial charge in [0.1, 0.15) is 0 Å². The molecule has 3 aromatic heterocycles. The van der Waals surface area contributed by atoms with Gasteiger partial charge in [0.15, 0.2) is 11.5 Å². The normalized spacial score (nSPS) is 12.6. The Kier molecular flexibility index (Phi) is 2.99. The fourth-order valence-electron chi connectivity index (χ4n) is 3.05. The van der Waals surface area contributed by atoms with Crippen LogP contribution in [0.15, 0.2) is 36.4 Å². The summed E-state index contributed by atoms with van der Waals surface area (Å²) in [5.41, 5.74) is 5.62. The Morgan fingerprint density at radius 1 is 0.577 bits per heavy atom. The zero-order valence-electron chi connectivity index (χ0n) is 13.6. The van der Waals surface area contributed by atoms with E-state index < -0.39 is 0 Å². The summed E-state index contributed by atoms with van der Waals surface area (Å²) in [7, 11) is 0. The van der Waals surface area contributed by atoms with E-state index in [1.54, 1.807) is 12.1 Å². The van der Waals surface area contributed by atoms with Crippen LogP contribution in [0.3, 0.4) is 0 Å². The summed E-state index contributed by atoms with van der Waals surface area (Å²) in [5, 5.41) is 20.4. The van der Waals surface area contributed by atoms with Crippen molar-refractivity contribution < 1.29 is 10.2 Å². The Labute approximate surface area is 147 Å². The fraction of sp³-hybridized carbons (Fsp3) is 0. The predicted molar refractivity (Wildman–Crippen MR) is 102 cm³/mol. The lowest BCUT2D eigenvalue weighted by molar-refractivity contribution is 0.414. The fourth-order valence-corrected chi connectivity index (χ4v) is 3.05. The van der Waals surface area contributed by atoms with Crippen LogP contribution in [0, 0.1) is 0 Å². The predicted octanol–water partition coefficient (Wildman–Crippen LogP) is 4.07. The van der Waals surface area contributed by atoms with E-state index in [2.05, 4.69) is 19.9 Å². The van der Waals surface area contributed by atoms with Gasteiger partial charge in [0.2, 0.25) is 0 Å². The molecule has 0 atom stereocenters. The van der Waals surface area contributed by atoms with Crippen LogP contribution in [0.2, 0.25) is 0 Å². The minimum atomic E-state index is -0.207. The van der Waals surface area contributed by atoms with Crippen molar-refractivity contribution in [3.63, 3.8) is 0 Å². The summed E-state index contributed by atoms with van der Waals surface area (Å²) in [6.45, 7) is 0. The molecular weight excluding hydrogens is 328 g/mol. The van der Waals surface area contributed by atoms with Crippen molar-refractivity contribution in [2.24, 2.45) is 0 Å². The van der Waals surface area contributed by atoms with Gasteiger partial charge in [-0.15, -0.1) is 0 Å². The molecule has 0 aliphatic carbocycles. The van der Waals surface area contributed by atoms with Crippen LogP contribution in [0.25, 0.3) is 46.4 Å². The van der Waals surface area contributed by atoms with Gasteiger partial charge in [-0.3, -0.25) is 0 Å². The first-order chi connectivity index (χ1) is 12.6. The summed E-state index contributed by atoms with van der Waals surface area (Å²) in [6, 6.07) is 11.2. The van der Waals surface area contributed by atoms with Crippen molar-refractivity contribution in [1.82, 2.24) is 19.9 Å². The monoisotopic (exact) mass is 342 g/mol. The van der Waals surface area contributed by atoms with E-state index in [0.29, 0.717) is 22.4 Å². The van der Waals surface area contributed by atoms with E-state index in [0.717, 1.165) is 22.4 Å². The second kappa shape index (κ2) is 5.35. The van der Waals surface area contributed by atoms with Crippen molar-refractivity contribution in [3.8, 4) is 11.5 Å². The number of rotatable bonds is 0. The Morgan fingerprint density at radius 2 is 1.00 bits per heavy atom. The topological polar surface area (TPSA) is 97.8 Å². The molecule has 6 nitrogen and oxygen atoms in total. The van der Waals surface area contributed by atoms with Crippen molar-refractivity contribution >= 4 is 46.4 Å². The highest BCUT2D eigenvalue weighted by Gasteiger charge is 2.10. The Morgan fingerprint density at radius 3 is 1.46 bits per heavy atom. The van der Waals surface area contributed by atoms with Gasteiger partial charge in [0, 0.05) is 11.0 Å². The molecule has 3 aromatic rings. The van der Waals surface area contributed by atoms with Crippen LogP contribution >= 0.6 is 0 Å². The molecule has 0 radical (unpaired) electrons. The maximum Gasteiger partial charge on any atom is 0.183 e. The molecule has 5 heterocycles. The SMILES string of the molecule is Oc1c(O)c2cc3nc(cc4ccc(cc5nc(cc1[nH]2)C=C5)[nH]4)C=C3. The molecule has 0 unspecified atom stereocenters. The van der Waals surface area contributed by atoms with Crippen LogP contribution in [-0.2, 0) is 0 Å². The van der Waals surface area contributed by atoms with Gasteiger partial charge in [0.25, 0.3) is 0 Å². The number of nitrogens with one attached hydrogen (secondary N) is 2. The lowest BCUT2D eigenvalue weighted by atomic mass is 10.3. The summed E-state index contributed by atoms with van der Waals surface area (Å²) in [6.07, 6.45) is 7.49. The van der Waals surface area contributed by atoms with Crippen molar-refractivity contribution in [1.29, 1.82) is 0 Å². The third kappa shape index (κ3) is 2.44. The van der Waals surface area contributed by atoms with E-state index in [1.807, 2.05) is 48.6 Å². The molecular formula is C20H14N4O2. The summed E-state index contributed by atoms with van der Waals surface area (Å²) < 4.78 is 0. The molecule has 2 aliphatic rings. The third-order valence-electron chi connectivity index (χ3n) is 4.29. The summed E-state index contributed by atoms with van der Waals surface area (Å²) in [4.78, 5) is 15.4. The molecule has 2 aliphatic heterocycles. The average molecular weight is 342 g/mol. The molecule has 26 heavy (non-hydrogen) atoms. The lowest BCUT2D eigenvalue weighted by Crippen LogP contribution is -1.75. The summed E-state index contributed by atoms with van der Waals surface area (Å²) in [5.74, 6) is -0.415. The molecule has 0 aromatic carbocycles. The number of aromatic hydroxyl groups is 2. The van der Waals surface area contributed by atoms with Gasteiger partial charge in [-0.1, -0.05) is 0 Å². The van der Waals surface area contributed by atoms with Crippen LogP contribution in [0.4, 0.5) is 0 Å². The highest BCUT2D eigenvalue weighted by atomic mass is 16.3. The quantitative estimate of drug-likeness (QED) is 0.341. The molecule has 0 amide bonds. The first kappa shape index (κ1) is 14.5. The molecule has 0 spiro atoms. The Bertz CT molecular complexity index is 1170. The number of hydrogen-bond acceptors (Lipinski definition) is 4. The third-order valence-corrected chi connectivity index (χ3v) is 4.29. The van der Waals surface area contributed by atoms with E-state index >= 15 is 0 Å². The van der Waals surface area contributed by atoms with Gasteiger partial charge in [0.05, 0.1) is 33.8 Å². The lowest BCUT2D eigenvalue weighted by Gasteiger charge is -1.87. The van der Waals surface area contributed by atoms with Gasteiger partial charge >= 0.3 is 0 Å². The van der Waals surface area contributed by atoms with Crippen LogP contribution in [0.1, 0.15) is 22.8 Å². The maximum absolute atomic E-state index is 10.2. The van der Waals surface area contributed by atoms with Gasteiger partial charge in [-0.25, -0.2) is 9.97 Å². The first-order valence-corrected chi connectivity index (χ1v) is 8.13. The Balaban J connectivity index is 1.89. The highest BCUT2D eigenvalue weighted by Crippen LogP contribution is 2.34. The van der Waals surface area contributed by atoms with Gasteiger partial charge < -0.3 is 20.2 Å². The molecule has 0 saturated carbocycles. The second-order valence-electron chi connectivity index (χ2n) is 6.19. The minimum Gasteiger partial charge on any atom is -0.503 e. The van der Waals surface area contributed by atoms with E-state index in [-0.39, 0.29) is 11.5 Å². The maximum atomic E-state index is 10.2.